The van der Waals surface area contributed by atoms with E-state index < -0.39 is 71.1 Å². The number of carbonyl (C=O) groups is 3. The predicted octanol–water partition coefficient (Wildman–Crippen LogP) is -0.604. The molecule has 0 saturated heterocycles. The molecule has 0 bridgehead atoms. The molecule has 0 aliphatic heterocycles. The molecule has 35 heavy (non-hydrogen) atoms. The van der Waals surface area contributed by atoms with Gasteiger partial charge in [0.25, 0.3) is 0 Å². The summed E-state index contributed by atoms with van der Waals surface area (Å²) in [5.41, 5.74) is 2.59. The van der Waals surface area contributed by atoms with E-state index >= 15 is 0 Å². The summed E-state index contributed by atoms with van der Waals surface area (Å²) in [4.78, 5) is 40.7. The number of phenolic OH excluding ortho intramolecular Hbond substituents is 1. The zero-order valence-corrected chi connectivity index (χ0v) is 20.2. The molecular formula is C24H30N2O8S. The molecule has 2 saturated carbocycles. The number of hydrogen-bond acceptors (Lipinski definition) is 10. The third kappa shape index (κ3) is 3.86. The van der Waals surface area contributed by atoms with Crippen molar-refractivity contribution < 1.29 is 39.9 Å². The fraction of sp³-hybridized carbons (Fsp3) is 0.542. The van der Waals surface area contributed by atoms with Crippen molar-refractivity contribution in [1.82, 2.24) is 4.90 Å². The molecule has 2 unspecified atom stereocenters. The minimum absolute atomic E-state index is 0.00861. The first-order valence-electron chi connectivity index (χ1n) is 11.4. The minimum Gasteiger partial charge on any atom is -0.507 e. The Morgan fingerprint density at radius 2 is 1.91 bits per heavy atom. The molecule has 3 aliphatic rings. The van der Waals surface area contributed by atoms with E-state index in [0.717, 1.165) is 12.3 Å². The van der Waals surface area contributed by atoms with E-state index in [1.807, 2.05) is 19.0 Å². The molecule has 3 aliphatic carbocycles. The molecule has 0 aromatic heterocycles. The van der Waals surface area contributed by atoms with Crippen molar-refractivity contribution >= 4 is 35.0 Å². The Bertz CT molecular complexity index is 1100. The van der Waals surface area contributed by atoms with Gasteiger partial charge in [0.1, 0.15) is 17.4 Å². The molecule has 2 fully saturated rings. The van der Waals surface area contributed by atoms with Crippen molar-refractivity contribution in [3.05, 3.63) is 34.9 Å². The Hall–Kier alpha value is -2.44. The molecule has 7 atom stereocenters. The normalized spacial score (nSPS) is 34.5. The second-order valence-corrected chi connectivity index (χ2v) is 10.9. The minimum atomic E-state index is -2.84. The number of hydrogen-bond donors (Lipinski definition) is 6. The van der Waals surface area contributed by atoms with Crippen molar-refractivity contribution in [3.63, 3.8) is 0 Å². The number of ketones is 2. The molecule has 0 radical (unpaired) electrons. The number of rotatable bonds is 6. The monoisotopic (exact) mass is 506 g/mol. The van der Waals surface area contributed by atoms with Crippen molar-refractivity contribution in [3.8, 4) is 5.75 Å². The lowest BCUT2D eigenvalue weighted by Gasteiger charge is -2.52. The van der Waals surface area contributed by atoms with Gasteiger partial charge in [-0.1, -0.05) is 12.1 Å². The second kappa shape index (κ2) is 9.21. The second-order valence-electron chi connectivity index (χ2n) is 9.75. The average Bonchev–Trinajstić information content (AvgIpc) is 2.77. The van der Waals surface area contributed by atoms with Crippen LogP contribution in [-0.2, 0) is 14.4 Å². The summed E-state index contributed by atoms with van der Waals surface area (Å²) in [5, 5.41) is 54.9. The highest BCUT2D eigenvalue weighted by Crippen LogP contribution is 2.55. The first kappa shape index (κ1) is 25.6. The molecule has 0 heterocycles. The summed E-state index contributed by atoms with van der Waals surface area (Å²) in [6, 6.07) is 4.64. The largest absolute Gasteiger partial charge is 0.507 e. The van der Waals surface area contributed by atoms with Crippen LogP contribution in [0, 0.1) is 17.8 Å². The SMILES string of the molecule is CN(C)CCSC[C@H]1c2cccc(O)c2C(O)=C2C(=O)[C@]3(O)C(=O)C(C(N)=O)C(O)C[C@@H]3[C@@H](O)[C@@H]21. The topological polar surface area (TPSA) is 182 Å². The number of nitrogens with zero attached hydrogens (tertiary/aromatic N) is 1. The summed E-state index contributed by atoms with van der Waals surface area (Å²) in [6.45, 7) is 0.780. The van der Waals surface area contributed by atoms with Crippen LogP contribution in [0.4, 0.5) is 0 Å². The van der Waals surface area contributed by atoms with E-state index in [-0.39, 0.29) is 16.9 Å². The zero-order valence-electron chi connectivity index (χ0n) is 19.4. The fourth-order valence-corrected chi connectivity index (χ4v) is 7.03. The van der Waals surface area contributed by atoms with Crippen LogP contribution in [0.3, 0.4) is 0 Å². The number of nitrogens with two attached hydrogens (primary N) is 1. The number of aromatic hydroxyl groups is 1. The van der Waals surface area contributed by atoms with Gasteiger partial charge in [-0.25, -0.2) is 0 Å². The van der Waals surface area contributed by atoms with Gasteiger partial charge in [-0.2, -0.15) is 11.8 Å². The van der Waals surface area contributed by atoms with Crippen LogP contribution < -0.4 is 5.73 Å². The lowest BCUT2D eigenvalue weighted by Crippen LogP contribution is -2.70. The highest BCUT2D eigenvalue weighted by Gasteiger charge is 2.67. The van der Waals surface area contributed by atoms with Gasteiger partial charge in [0.2, 0.25) is 11.7 Å². The van der Waals surface area contributed by atoms with Crippen molar-refractivity contribution in [2.45, 2.75) is 30.1 Å². The smallest absolute Gasteiger partial charge is 0.230 e. The van der Waals surface area contributed by atoms with Gasteiger partial charge in [0.05, 0.1) is 17.8 Å². The Morgan fingerprint density at radius 1 is 1.23 bits per heavy atom. The van der Waals surface area contributed by atoms with E-state index in [1.165, 1.54) is 6.07 Å². The lowest BCUT2D eigenvalue weighted by atomic mass is 9.53. The number of thioether (sulfide) groups is 1. The van der Waals surface area contributed by atoms with E-state index in [4.69, 9.17) is 5.73 Å². The number of amides is 1. The molecule has 4 rings (SSSR count). The third-order valence-corrected chi connectivity index (χ3v) is 8.53. The van der Waals surface area contributed by atoms with E-state index in [0.29, 0.717) is 11.3 Å². The number of fused-ring (bicyclic) bond motifs is 3. The number of aliphatic hydroxyl groups excluding tert-OH is 3. The van der Waals surface area contributed by atoms with Crippen LogP contribution in [0.2, 0.25) is 0 Å². The standard InChI is InChI=1S/C24H30N2O8S/c1-26(2)6-7-35-9-11-10-4-3-5-13(27)15(10)20(30)18-16(11)19(29)12-8-14(28)17(23(25)33)21(31)24(12,34)22(18)32/h3-5,11-12,14,16-17,19,27-30,34H,6-9H2,1-2H3,(H2,25,33)/t11-,12+,14?,16+,17?,19+,24+/m0/s1. The summed E-state index contributed by atoms with van der Waals surface area (Å²) in [5.74, 6) is -8.15. The summed E-state index contributed by atoms with van der Waals surface area (Å²) in [7, 11) is 3.87. The van der Waals surface area contributed by atoms with Crippen molar-refractivity contribution in [2.75, 3.05) is 32.1 Å². The van der Waals surface area contributed by atoms with Gasteiger partial charge in [-0.05, 0) is 32.1 Å². The van der Waals surface area contributed by atoms with Gasteiger partial charge in [-0.3, -0.25) is 14.4 Å². The highest BCUT2D eigenvalue weighted by atomic mass is 32.2. The number of primary amides is 1. The molecule has 11 heteroatoms. The third-order valence-electron chi connectivity index (χ3n) is 7.47. The van der Waals surface area contributed by atoms with Crippen molar-refractivity contribution in [2.24, 2.45) is 23.5 Å². The first-order chi connectivity index (χ1) is 16.4. The maximum absolute atomic E-state index is 13.7. The Kier molecular flexibility index (Phi) is 6.75. The van der Waals surface area contributed by atoms with Crippen LogP contribution in [0.5, 0.6) is 5.75 Å². The van der Waals surface area contributed by atoms with Crippen LogP contribution in [0.1, 0.15) is 23.5 Å². The van der Waals surface area contributed by atoms with Crippen molar-refractivity contribution in [1.29, 1.82) is 0 Å². The van der Waals surface area contributed by atoms with Gasteiger partial charge in [0, 0.05) is 41.4 Å². The molecule has 7 N–H and O–H groups in total. The first-order valence-corrected chi connectivity index (χ1v) is 12.5. The number of phenols is 1. The van der Waals surface area contributed by atoms with Crippen LogP contribution in [0.15, 0.2) is 23.8 Å². The van der Waals surface area contributed by atoms with E-state index in [1.54, 1.807) is 23.9 Å². The van der Waals surface area contributed by atoms with Crippen LogP contribution in [-0.4, -0.2) is 97.9 Å². The maximum atomic E-state index is 13.7. The lowest BCUT2D eigenvalue weighted by molar-refractivity contribution is -0.186. The summed E-state index contributed by atoms with van der Waals surface area (Å²) >= 11 is 1.56. The summed E-state index contributed by atoms with van der Waals surface area (Å²) in [6.07, 6.45) is -3.47. The van der Waals surface area contributed by atoms with Crippen LogP contribution >= 0.6 is 11.8 Å². The maximum Gasteiger partial charge on any atom is 0.230 e. The number of aliphatic hydroxyl groups is 4. The number of Topliss-reactive ketones (excluding diaryl/α,β-unsaturated/α-hetero) is 2. The summed E-state index contributed by atoms with van der Waals surface area (Å²) < 4.78 is 0. The Labute approximate surface area is 206 Å². The van der Waals surface area contributed by atoms with Gasteiger partial charge in [-0.15, -0.1) is 0 Å². The van der Waals surface area contributed by atoms with Gasteiger partial charge in [0.15, 0.2) is 11.4 Å². The molecule has 1 aromatic carbocycles. The van der Waals surface area contributed by atoms with Gasteiger partial charge < -0.3 is 36.2 Å². The Balaban J connectivity index is 1.84. The van der Waals surface area contributed by atoms with E-state index in [2.05, 4.69) is 0 Å². The number of carbonyl (C=O) groups excluding carboxylic acids is 3. The average molecular weight is 507 g/mol. The molecule has 0 spiro atoms. The number of benzene rings is 1. The predicted molar refractivity (Wildman–Crippen MR) is 128 cm³/mol. The van der Waals surface area contributed by atoms with E-state index in [9.17, 15) is 39.9 Å². The van der Waals surface area contributed by atoms with Crippen LogP contribution in [0.25, 0.3) is 5.76 Å². The molecular weight excluding hydrogens is 476 g/mol. The molecule has 10 nitrogen and oxygen atoms in total. The quantitative estimate of drug-likeness (QED) is 0.215. The fourth-order valence-electron chi connectivity index (χ4n) is 5.73. The molecule has 1 amide bonds. The molecule has 1 aromatic rings. The Morgan fingerprint density at radius 3 is 2.54 bits per heavy atom. The van der Waals surface area contributed by atoms with Gasteiger partial charge >= 0.3 is 0 Å². The zero-order chi connectivity index (χ0) is 25.8. The highest BCUT2D eigenvalue weighted by molar-refractivity contribution is 7.99. The molecule has 190 valence electrons.